The molecule has 0 saturated carbocycles. The average Bonchev–Trinajstić information content (AvgIpc) is 2.99. The van der Waals surface area contributed by atoms with Crippen LogP contribution in [0.3, 0.4) is 0 Å². The van der Waals surface area contributed by atoms with E-state index in [9.17, 15) is 4.79 Å². The van der Waals surface area contributed by atoms with Crippen molar-refractivity contribution in [3.63, 3.8) is 0 Å². The van der Waals surface area contributed by atoms with Gasteiger partial charge >= 0.3 is 0 Å². The van der Waals surface area contributed by atoms with Gasteiger partial charge in [0.1, 0.15) is 12.4 Å². The Kier molecular flexibility index (Phi) is 5.53. The van der Waals surface area contributed by atoms with E-state index in [2.05, 4.69) is 21.5 Å². The molecule has 1 fully saturated rings. The van der Waals surface area contributed by atoms with Crippen LogP contribution in [0.1, 0.15) is 19.3 Å². The zero-order valence-electron chi connectivity index (χ0n) is 14.9. The van der Waals surface area contributed by atoms with Crippen molar-refractivity contribution in [3.05, 3.63) is 36.8 Å². The van der Waals surface area contributed by atoms with Crippen molar-refractivity contribution in [2.75, 3.05) is 37.4 Å². The maximum Gasteiger partial charge on any atom is 0.244 e. The Morgan fingerprint density at radius 2 is 2.20 bits per heavy atom. The lowest BCUT2D eigenvalue weighted by Crippen LogP contribution is -2.35. The number of carbonyl (C=O) groups excluding carboxylic acids is 1. The molecule has 0 radical (unpaired) electrons. The van der Waals surface area contributed by atoms with Crippen molar-refractivity contribution in [3.8, 4) is 0 Å². The summed E-state index contributed by atoms with van der Waals surface area (Å²) in [5, 5.41) is 7.67. The molecular weight excluding hydrogens is 316 g/mol. The average molecular weight is 342 g/mol. The quantitative estimate of drug-likeness (QED) is 0.898. The van der Waals surface area contributed by atoms with Crippen molar-refractivity contribution in [1.29, 1.82) is 0 Å². The Morgan fingerprint density at radius 1 is 1.32 bits per heavy atom. The molecular formula is C18H26N6O. The Bertz CT molecular complexity index is 667. The number of aromatic nitrogens is 3. The van der Waals surface area contributed by atoms with Crippen LogP contribution < -0.4 is 10.2 Å². The molecule has 0 aliphatic carbocycles. The Morgan fingerprint density at radius 3 is 2.88 bits per heavy atom. The zero-order chi connectivity index (χ0) is 17.6. The van der Waals surface area contributed by atoms with Gasteiger partial charge in [0.2, 0.25) is 5.91 Å². The highest BCUT2D eigenvalue weighted by Gasteiger charge is 2.20. The van der Waals surface area contributed by atoms with Crippen LogP contribution in [0, 0.1) is 0 Å². The number of hydrogen-bond donors (Lipinski definition) is 1. The van der Waals surface area contributed by atoms with E-state index in [-0.39, 0.29) is 5.91 Å². The van der Waals surface area contributed by atoms with Gasteiger partial charge in [-0.2, -0.15) is 5.10 Å². The number of carbonyl (C=O) groups is 1. The minimum absolute atomic E-state index is 0.140. The van der Waals surface area contributed by atoms with Crippen LogP contribution in [0.5, 0.6) is 0 Å². The first-order valence-electron chi connectivity index (χ1n) is 8.77. The monoisotopic (exact) mass is 342 g/mol. The number of likely N-dealkylation sites (tertiary alicyclic amines) is 1. The molecule has 134 valence electrons. The van der Waals surface area contributed by atoms with E-state index in [4.69, 9.17) is 0 Å². The van der Waals surface area contributed by atoms with E-state index in [1.165, 1.54) is 0 Å². The lowest BCUT2D eigenvalue weighted by molar-refractivity contribution is -0.132. The third-order valence-electron chi connectivity index (χ3n) is 4.51. The number of hydrogen-bond acceptors (Lipinski definition) is 5. The smallest absolute Gasteiger partial charge is 0.244 e. The van der Waals surface area contributed by atoms with E-state index >= 15 is 0 Å². The zero-order valence-corrected chi connectivity index (χ0v) is 14.9. The van der Waals surface area contributed by atoms with Gasteiger partial charge in [-0.1, -0.05) is 0 Å². The van der Waals surface area contributed by atoms with Crippen LogP contribution >= 0.6 is 0 Å². The predicted molar refractivity (Wildman–Crippen MR) is 98.6 cm³/mol. The lowest BCUT2D eigenvalue weighted by Gasteiger charge is -2.21. The fourth-order valence-electron chi connectivity index (χ4n) is 3.09. The van der Waals surface area contributed by atoms with Crippen LogP contribution in [0.15, 0.2) is 36.8 Å². The Hall–Kier alpha value is -2.57. The Balaban J connectivity index is 1.51. The summed E-state index contributed by atoms with van der Waals surface area (Å²) in [6, 6.07) is 6.28. The van der Waals surface area contributed by atoms with Gasteiger partial charge in [0.05, 0.1) is 11.9 Å². The molecule has 1 unspecified atom stereocenters. The number of nitrogens with zero attached hydrogens (tertiary/aromatic N) is 5. The van der Waals surface area contributed by atoms with E-state index in [1.807, 2.05) is 48.4 Å². The Labute approximate surface area is 148 Å². The molecule has 3 heterocycles. The van der Waals surface area contributed by atoms with Crippen molar-refractivity contribution in [1.82, 2.24) is 19.7 Å². The highest BCUT2D eigenvalue weighted by Crippen LogP contribution is 2.18. The summed E-state index contributed by atoms with van der Waals surface area (Å²) in [4.78, 5) is 20.8. The molecule has 7 heteroatoms. The van der Waals surface area contributed by atoms with Gasteiger partial charge in [-0.25, -0.2) is 4.98 Å². The molecule has 1 amide bonds. The summed E-state index contributed by atoms with van der Waals surface area (Å²) < 4.78 is 1.68. The van der Waals surface area contributed by atoms with Crippen molar-refractivity contribution >= 4 is 17.4 Å². The number of nitrogens with one attached hydrogen (secondary N) is 1. The maximum atomic E-state index is 12.4. The van der Waals surface area contributed by atoms with Crippen molar-refractivity contribution in [2.24, 2.45) is 0 Å². The number of anilines is 2. The summed E-state index contributed by atoms with van der Waals surface area (Å²) in [7, 11) is 3.96. The molecule has 1 aliphatic heterocycles. The lowest BCUT2D eigenvalue weighted by atomic mass is 10.1. The third kappa shape index (κ3) is 4.71. The van der Waals surface area contributed by atoms with Crippen molar-refractivity contribution in [2.45, 2.75) is 31.8 Å². The van der Waals surface area contributed by atoms with Gasteiger partial charge in [-0.05, 0) is 37.5 Å². The number of rotatable bonds is 5. The largest absolute Gasteiger partial charge is 0.381 e. The van der Waals surface area contributed by atoms with Crippen LogP contribution in [-0.4, -0.2) is 58.8 Å². The topological polar surface area (TPSA) is 66.3 Å². The molecule has 2 aromatic rings. The van der Waals surface area contributed by atoms with E-state index < -0.39 is 0 Å². The van der Waals surface area contributed by atoms with Gasteiger partial charge in [-0.15, -0.1) is 0 Å². The second-order valence-corrected chi connectivity index (χ2v) is 6.66. The summed E-state index contributed by atoms with van der Waals surface area (Å²) >= 11 is 0. The van der Waals surface area contributed by atoms with E-state index in [0.717, 1.165) is 43.9 Å². The van der Waals surface area contributed by atoms with Crippen molar-refractivity contribution < 1.29 is 4.79 Å². The molecule has 25 heavy (non-hydrogen) atoms. The fraction of sp³-hybridized carbons (Fsp3) is 0.500. The van der Waals surface area contributed by atoms with Gasteiger partial charge < -0.3 is 15.1 Å². The molecule has 1 atom stereocenters. The summed E-state index contributed by atoms with van der Waals surface area (Å²) in [5.74, 6) is 1.09. The minimum atomic E-state index is 0.140. The van der Waals surface area contributed by atoms with Crippen LogP contribution in [0.2, 0.25) is 0 Å². The fourth-order valence-corrected chi connectivity index (χ4v) is 3.09. The second-order valence-electron chi connectivity index (χ2n) is 6.66. The molecule has 1 saturated heterocycles. The summed E-state index contributed by atoms with van der Waals surface area (Å²) in [6.45, 7) is 1.91. The van der Waals surface area contributed by atoms with Gasteiger partial charge in [0, 0.05) is 45.6 Å². The maximum absolute atomic E-state index is 12.4. The highest BCUT2D eigenvalue weighted by molar-refractivity contribution is 5.75. The molecule has 0 spiro atoms. The predicted octanol–water partition coefficient (Wildman–Crippen LogP) is 1.84. The summed E-state index contributed by atoms with van der Waals surface area (Å²) in [6.07, 6.45) is 8.41. The van der Waals surface area contributed by atoms with E-state index in [0.29, 0.717) is 12.6 Å². The normalized spacial score (nSPS) is 17.8. The molecule has 0 aromatic carbocycles. The summed E-state index contributed by atoms with van der Waals surface area (Å²) in [5.41, 5.74) is 1.03. The molecule has 7 nitrogen and oxygen atoms in total. The first-order chi connectivity index (χ1) is 12.1. The molecule has 3 rings (SSSR count). The highest BCUT2D eigenvalue weighted by atomic mass is 16.2. The van der Waals surface area contributed by atoms with Gasteiger partial charge in [0.15, 0.2) is 0 Å². The second kappa shape index (κ2) is 8.00. The van der Waals surface area contributed by atoms with Gasteiger partial charge in [0.25, 0.3) is 0 Å². The molecule has 0 bridgehead atoms. The molecule has 2 aromatic heterocycles. The number of amides is 1. The molecule has 1 N–H and O–H groups in total. The first-order valence-corrected chi connectivity index (χ1v) is 8.77. The minimum Gasteiger partial charge on any atom is -0.381 e. The third-order valence-corrected chi connectivity index (χ3v) is 4.51. The van der Waals surface area contributed by atoms with Crippen LogP contribution in [0.25, 0.3) is 0 Å². The first kappa shape index (κ1) is 17.3. The number of pyridine rings is 1. The SMILES string of the molecule is CN(C)c1ccc(NC2CCCN(C(=O)Cn3cccn3)CC2)cn1. The van der Waals surface area contributed by atoms with Crippen LogP contribution in [0.4, 0.5) is 11.5 Å². The molecule has 1 aliphatic rings. The van der Waals surface area contributed by atoms with E-state index in [1.54, 1.807) is 10.9 Å². The van der Waals surface area contributed by atoms with Gasteiger partial charge in [-0.3, -0.25) is 9.48 Å². The standard InChI is InChI=1S/C18H26N6O/c1-22(2)17-7-6-16(13-19-17)21-15-5-3-10-23(12-8-15)18(25)14-24-11-4-9-20-24/h4,6-7,9,11,13,15,21H,3,5,8,10,12,14H2,1-2H3. The van der Waals surface area contributed by atoms with Crippen LogP contribution in [-0.2, 0) is 11.3 Å².